The lowest BCUT2D eigenvalue weighted by molar-refractivity contribution is -0.141. The molecule has 1 aromatic carbocycles. The van der Waals surface area contributed by atoms with Crippen molar-refractivity contribution in [1.82, 2.24) is 14.8 Å². The highest BCUT2D eigenvalue weighted by Crippen LogP contribution is 2.25. The van der Waals surface area contributed by atoms with Gasteiger partial charge in [-0.05, 0) is 30.9 Å². The Kier molecular flexibility index (Phi) is 5.36. The van der Waals surface area contributed by atoms with E-state index in [9.17, 15) is 4.79 Å². The first-order valence-corrected chi connectivity index (χ1v) is 8.83. The quantitative estimate of drug-likeness (QED) is 0.723. The van der Waals surface area contributed by atoms with E-state index in [1.54, 1.807) is 7.11 Å². The molecule has 0 saturated carbocycles. The Labute approximate surface area is 148 Å². The van der Waals surface area contributed by atoms with Gasteiger partial charge in [0.05, 0.1) is 19.6 Å². The summed E-state index contributed by atoms with van der Waals surface area (Å²) in [6.07, 6.45) is 3.03. The van der Waals surface area contributed by atoms with Crippen molar-refractivity contribution >= 4 is 5.97 Å². The second-order valence-electron chi connectivity index (χ2n) is 6.82. The van der Waals surface area contributed by atoms with Crippen LogP contribution in [0.2, 0.25) is 0 Å². The number of nitrogens with zero attached hydrogens (tertiary/aromatic N) is 3. The fourth-order valence-electron chi connectivity index (χ4n) is 3.11. The Hall–Kier alpha value is -2.37. The van der Waals surface area contributed by atoms with Crippen LogP contribution in [0.4, 0.5) is 0 Å². The minimum absolute atomic E-state index is 0.0311. The van der Waals surface area contributed by atoms with Crippen molar-refractivity contribution in [3.63, 3.8) is 0 Å². The molecule has 1 aromatic heterocycles. The van der Waals surface area contributed by atoms with Crippen LogP contribution in [-0.2, 0) is 22.4 Å². The summed E-state index contributed by atoms with van der Waals surface area (Å²) in [4.78, 5) is 16.4. The van der Waals surface area contributed by atoms with Gasteiger partial charge in [0.25, 0.3) is 0 Å². The first-order valence-electron chi connectivity index (χ1n) is 8.83. The van der Waals surface area contributed by atoms with Crippen molar-refractivity contribution < 1.29 is 14.3 Å². The fraction of sp³-hybridized carbons (Fsp3) is 0.526. The van der Waals surface area contributed by atoms with Crippen molar-refractivity contribution in [2.75, 3.05) is 13.7 Å². The first-order chi connectivity index (χ1) is 12.1. The zero-order chi connectivity index (χ0) is 17.8. The maximum absolute atomic E-state index is 11.7. The maximum Gasteiger partial charge on any atom is 0.309 e. The summed E-state index contributed by atoms with van der Waals surface area (Å²) in [7, 11) is 1.65. The van der Waals surface area contributed by atoms with Crippen molar-refractivity contribution in [3.8, 4) is 11.4 Å². The molecule has 1 atom stereocenters. The van der Waals surface area contributed by atoms with Gasteiger partial charge < -0.3 is 9.47 Å². The molecule has 1 aliphatic rings. The molecule has 134 valence electrons. The van der Waals surface area contributed by atoms with Crippen LogP contribution in [-0.4, -0.2) is 34.5 Å². The summed E-state index contributed by atoms with van der Waals surface area (Å²) in [5.41, 5.74) is 0.872. The number of methoxy groups -OCH3 is 1. The summed E-state index contributed by atoms with van der Waals surface area (Å²) in [5.74, 6) is 2.79. The van der Waals surface area contributed by atoms with Crippen LogP contribution in [0.25, 0.3) is 5.69 Å². The smallest absolute Gasteiger partial charge is 0.309 e. The van der Waals surface area contributed by atoms with Gasteiger partial charge in [-0.25, -0.2) is 9.67 Å². The summed E-state index contributed by atoms with van der Waals surface area (Å²) < 4.78 is 12.4. The molecule has 1 aliphatic heterocycles. The summed E-state index contributed by atoms with van der Waals surface area (Å²) in [6.45, 7) is 4.83. The van der Waals surface area contributed by atoms with E-state index in [-0.39, 0.29) is 11.9 Å². The average Bonchev–Trinajstić information content (AvgIpc) is 3.18. The summed E-state index contributed by atoms with van der Waals surface area (Å²) >= 11 is 0. The molecule has 0 amide bonds. The van der Waals surface area contributed by atoms with Gasteiger partial charge in [0.2, 0.25) is 0 Å². The van der Waals surface area contributed by atoms with Gasteiger partial charge in [0.1, 0.15) is 17.3 Å². The van der Waals surface area contributed by atoms with Gasteiger partial charge in [-0.15, -0.1) is 0 Å². The number of carbonyl (C=O) groups is 1. The van der Waals surface area contributed by atoms with Crippen LogP contribution in [0.1, 0.15) is 38.3 Å². The van der Waals surface area contributed by atoms with Gasteiger partial charge in [0, 0.05) is 12.8 Å². The fourth-order valence-corrected chi connectivity index (χ4v) is 3.11. The van der Waals surface area contributed by atoms with Crippen molar-refractivity contribution in [1.29, 1.82) is 0 Å². The molecule has 0 radical (unpaired) electrons. The topological polar surface area (TPSA) is 66.2 Å². The predicted octanol–water partition coefficient (Wildman–Crippen LogP) is 2.97. The standard InChI is InChI=1S/C19H25N3O3/c1-13(2)12-17-20-18(9-8-14-10-11-25-19(14)23)22(21-17)15-6-4-5-7-16(15)24-3/h4-7,13-14H,8-12H2,1-3H3. The first kappa shape index (κ1) is 17.5. The average molecular weight is 343 g/mol. The molecule has 2 aromatic rings. The number of benzene rings is 1. The molecule has 1 fully saturated rings. The Balaban J connectivity index is 1.89. The van der Waals surface area contributed by atoms with Gasteiger partial charge in [-0.2, -0.15) is 5.10 Å². The lowest BCUT2D eigenvalue weighted by atomic mass is 10.0. The molecule has 6 nitrogen and oxygen atoms in total. The third-order valence-corrected chi connectivity index (χ3v) is 4.38. The molecular weight excluding hydrogens is 318 g/mol. The van der Waals surface area contributed by atoms with Crippen LogP contribution in [0.3, 0.4) is 0 Å². The molecule has 0 N–H and O–H groups in total. The number of hydrogen-bond acceptors (Lipinski definition) is 5. The summed E-state index contributed by atoms with van der Waals surface area (Å²) in [6, 6.07) is 7.78. The van der Waals surface area contributed by atoms with Gasteiger partial charge in [-0.3, -0.25) is 4.79 Å². The van der Waals surface area contributed by atoms with Gasteiger partial charge in [-0.1, -0.05) is 26.0 Å². The van der Waals surface area contributed by atoms with E-state index < -0.39 is 0 Å². The third kappa shape index (κ3) is 4.00. The maximum atomic E-state index is 11.7. The molecule has 6 heteroatoms. The number of aromatic nitrogens is 3. The van der Waals surface area contributed by atoms with E-state index in [4.69, 9.17) is 19.6 Å². The van der Waals surface area contributed by atoms with E-state index in [0.29, 0.717) is 18.9 Å². The zero-order valence-corrected chi connectivity index (χ0v) is 15.1. The normalized spacial score (nSPS) is 17.1. The predicted molar refractivity (Wildman–Crippen MR) is 93.8 cm³/mol. The highest BCUT2D eigenvalue weighted by Gasteiger charge is 2.27. The highest BCUT2D eigenvalue weighted by atomic mass is 16.5. The molecule has 0 aliphatic carbocycles. The second-order valence-corrected chi connectivity index (χ2v) is 6.82. The van der Waals surface area contributed by atoms with E-state index in [2.05, 4.69) is 13.8 Å². The monoisotopic (exact) mass is 343 g/mol. The van der Waals surface area contributed by atoms with E-state index in [0.717, 1.165) is 42.3 Å². The van der Waals surface area contributed by atoms with Gasteiger partial charge in [0.15, 0.2) is 5.82 Å². The molecule has 0 bridgehead atoms. The van der Waals surface area contributed by atoms with Crippen molar-refractivity contribution in [3.05, 3.63) is 35.9 Å². The second kappa shape index (κ2) is 7.68. The minimum Gasteiger partial charge on any atom is -0.494 e. The Morgan fingerprint density at radius 2 is 2.16 bits per heavy atom. The molecule has 1 saturated heterocycles. The van der Waals surface area contributed by atoms with Gasteiger partial charge >= 0.3 is 5.97 Å². The number of rotatable bonds is 7. The van der Waals surface area contributed by atoms with Crippen LogP contribution < -0.4 is 4.74 Å². The number of hydrogen-bond donors (Lipinski definition) is 0. The molecule has 0 spiro atoms. The van der Waals surface area contributed by atoms with Crippen molar-refractivity contribution in [2.24, 2.45) is 11.8 Å². The number of aryl methyl sites for hydroxylation is 1. The molecule has 2 heterocycles. The number of carbonyl (C=O) groups excluding carboxylic acids is 1. The number of cyclic esters (lactones) is 1. The largest absolute Gasteiger partial charge is 0.494 e. The Morgan fingerprint density at radius 1 is 1.36 bits per heavy atom. The van der Waals surface area contributed by atoms with E-state index in [1.807, 2.05) is 28.9 Å². The summed E-state index contributed by atoms with van der Waals surface area (Å²) in [5, 5.41) is 4.70. The molecular formula is C19H25N3O3. The van der Waals surface area contributed by atoms with E-state index in [1.165, 1.54) is 0 Å². The molecule has 25 heavy (non-hydrogen) atoms. The van der Waals surface area contributed by atoms with Crippen LogP contribution in [0.15, 0.2) is 24.3 Å². The third-order valence-electron chi connectivity index (χ3n) is 4.38. The lowest BCUT2D eigenvalue weighted by Crippen LogP contribution is -2.11. The zero-order valence-electron chi connectivity index (χ0n) is 15.1. The Bertz CT molecular complexity index is 739. The Morgan fingerprint density at radius 3 is 2.84 bits per heavy atom. The molecule has 3 rings (SSSR count). The van der Waals surface area contributed by atoms with Crippen molar-refractivity contribution in [2.45, 2.75) is 39.5 Å². The van der Waals surface area contributed by atoms with Crippen LogP contribution >= 0.6 is 0 Å². The number of esters is 1. The number of para-hydroxylation sites is 2. The van der Waals surface area contributed by atoms with E-state index >= 15 is 0 Å². The lowest BCUT2D eigenvalue weighted by Gasteiger charge is -2.11. The van der Waals surface area contributed by atoms with Crippen LogP contribution in [0, 0.1) is 11.8 Å². The highest BCUT2D eigenvalue weighted by molar-refractivity contribution is 5.74. The SMILES string of the molecule is COc1ccccc1-n1nc(CC(C)C)nc1CCC1CCOC1=O. The number of ether oxygens (including phenoxy) is 2. The molecule has 1 unspecified atom stereocenters. The minimum atomic E-state index is -0.0919. The van der Waals surface area contributed by atoms with Crippen LogP contribution in [0.5, 0.6) is 5.75 Å².